The van der Waals surface area contributed by atoms with Crippen LogP contribution in [0, 0.1) is 0 Å². The number of hydrogen-bond donors (Lipinski definition) is 0. The molecular formula is C24H29N3O2S2. The molecular weight excluding hydrogens is 426 g/mol. The first kappa shape index (κ1) is 21.1. The van der Waals surface area contributed by atoms with Gasteiger partial charge < -0.3 is 9.64 Å². The summed E-state index contributed by atoms with van der Waals surface area (Å²) in [6.45, 7) is 4.60. The van der Waals surface area contributed by atoms with Crippen LogP contribution in [0.4, 0.5) is 0 Å². The molecule has 2 aliphatic rings. The molecule has 2 atom stereocenters. The molecule has 2 fully saturated rings. The number of thiazole rings is 1. The van der Waals surface area contributed by atoms with Gasteiger partial charge >= 0.3 is 0 Å². The van der Waals surface area contributed by atoms with Crippen LogP contribution >= 0.6 is 22.7 Å². The highest BCUT2D eigenvalue weighted by Gasteiger charge is 2.29. The maximum absolute atomic E-state index is 13.3. The van der Waals surface area contributed by atoms with Crippen molar-refractivity contribution < 1.29 is 9.53 Å². The largest absolute Gasteiger partial charge is 0.377 e. The Kier molecular flexibility index (Phi) is 6.64. The van der Waals surface area contributed by atoms with Gasteiger partial charge in [-0.2, -0.15) is 0 Å². The fourth-order valence-electron chi connectivity index (χ4n) is 4.65. The number of piperidine rings is 1. The molecule has 31 heavy (non-hydrogen) atoms. The van der Waals surface area contributed by atoms with E-state index in [2.05, 4.69) is 45.5 Å². The molecule has 1 aromatic carbocycles. The van der Waals surface area contributed by atoms with Gasteiger partial charge in [0.1, 0.15) is 0 Å². The molecule has 0 aliphatic carbocycles. The smallest absolute Gasteiger partial charge is 0.236 e. The fraction of sp³-hybridized carbons (Fsp3) is 0.500. The maximum atomic E-state index is 13.3. The lowest BCUT2D eigenvalue weighted by Gasteiger charge is -2.34. The van der Waals surface area contributed by atoms with Crippen molar-refractivity contribution in [2.24, 2.45) is 0 Å². The second kappa shape index (κ2) is 9.77. The molecule has 2 aromatic heterocycles. The number of carbonyl (C=O) groups is 1. The van der Waals surface area contributed by atoms with Crippen molar-refractivity contribution in [3.63, 3.8) is 0 Å². The summed E-state index contributed by atoms with van der Waals surface area (Å²) in [7, 11) is 0. The quantitative estimate of drug-likeness (QED) is 0.516. The molecule has 2 saturated heterocycles. The molecule has 5 nitrogen and oxygen atoms in total. The van der Waals surface area contributed by atoms with E-state index in [9.17, 15) is 4.79 Å². The van der Waals surface area contributed by atoms with Crippen molar-refractivity contribution in [1.82, 2.24) is 14.8 Å². The molecule has 5 rings (SSSR count). The summed E-state index contributed by atoms with van der Waals surface area (Å²) in [6, 6.07) is 12.6. The van der Waals surface area contributed by atoms with Crippen molar-refractivity contribution in [3.8, 4) is 0 Å². The molecule has 2 aliphatic heterocycles. The number of thiophene rings is 1. The molecule has 0 N–H and O–H groups in total. The molecule has 0 radical (unpaired) electrons. The number of benzene rings is 1. The molecule has 0 bridgehead atoms. The number of hydrogen-bond acceptors (Lipinski definition) is 6. The molecule has 0 spiro atoms. The average molecular weight is 456 g/mol. The summed E-state index contributed by atoms with van der Waals surface area (Å²) < 4.78 is 7.10. The normalized spacial score (nSPS) is 21.9. The number of carbonyl (C=O) groups excluding carboxylic acids is 1. The number of fused-ring (bicyclic) bond motifs is 1. The van der Waals surface area contributed by atoms with Crippen LogP contribution < -0.4 is 0 Å². The number of aromatic nitrogens is 1. The number of para-hydroxylation sites is 1. The standard InChI is InChI=1S/C24H29N3O2S2/c28-23(17-26(15-19-7-4-12-29-19)16-20-8-5-13-30-20)27-11-3-6-18(14-27)24-25-21-9-1-2-10-22(21)31-24/h1-2,5,8-10,13,18-19H,3-4,6-7,11-12,14-17H2/t18-,19-/m0/s1. The van der Waals surface area contributed by atoms with Gasteiger partial charge in [0, 0.05) is 43.6 Å². The summed E-state index contributed by atoms with van der Waals surface area (Å²) in [5.74, 6) is 0.583. The minimum absolute atomic E-state index is 0.236. The predicted octanol–water partition coefficient (Wildman–Crippen LogP) is 4.75. The van der Waals surface area contributed by atoms with E-state index in [1.165, 1.54) is 14.6 Å². The number of likely N-dealkylation sites (tertiary alicyclic amines) is 1. The zero-order chi connectivity index (χ0) is 21.0. The second-order valence-corrected chi connectivity index (χ2v) is 10.7. The minimum atomic E-state index is 0.236. The number of rotatable bonds is 7. The zero-order valence-corrected chi connectivity index (χ0v) is 19.4. The van der Waals surface area contributed by atoms with Crippen LogP contribution in [0.25, 0.3) is 10.2 Å². The SMILES string of the molecule is O=C(CN(Cc1cccs1)C[C@@H]1CCCO1)N1CCC[C@H](c2nc3ccccc3s2)C1. The number of amides is 1. The van der Waals surface area contributed by atoms with Gasteiger partial charge in [0.25, 0.3) is 0 Å². The van der Waals surface area contributed by atoms with Crippen LogP contribution in [-0.4, -0.2) is 59.6 Å². The Balaban J connectivity index is 1.24. The van der Waals surface area contributed by atoms with Crippen LogP contribution in [0.1, 0.15) is 41.5 Å². The highest BCUT2D eigenvalue weighted by Crippen LogP contribution is 2.33. The monoisotopic (exact) mass is 455 g/mol. The van der Waals surface area contributed by atoms with Crippen LogP contribution in [0.2, 0.25) is 0 Å². The Morgan fingerprint density at radius 3 is 2.94 bits per heavy atom. The molecule has 0 saturated carbocycles. The van der Waals surface area contributed by atoms with Crippen LogP contribution in [0.5, 0.6) is 0 Å². The predicted molar refractivity (Wildman–Crippen MR) is 127 cm³/mol. The van der Waals surface area contributed by atoms with Crippen molar-refractivity contribution in [2.75, 3.05) is 32.8 Å². The highest BCUT2D eigenvalue weighted by molar-refractivity contribution is 7.18. The van der Waals surface area contributed by atoms with E-state index in [0.29, 0.717) is 12.5 Å². The number of ether oxygens (including phenoxy) is 1. The minimum Gasteiger partial charge on any atom is -0.377 e. The fourth-order valence-corrected chi connectivity index (χ4v) is 6.48. The lowest BCUT2D eigenvalue weighted by molar-refractivity contribution is -0.134. The zero-order valence-electron chi connectivity index (χ0n) is 17.7. The van der Waals surface area contributed by atoms with Crippen molar-refractivity contribution in [2.45, 2.75) is 44.2 Å². The van der Waals surface area contributed by atoms with Gasteiger partial charge in [0.05, 0.1) is 27.9 Å². The third-order valence-corrected chi connectivity index (χ3v) is 8.30. The molecule has 0 unspecified atom stereocenters. The second-order valence-electron chi connectivity index (χ2n) is 8.58. The van der Waals surface area contributed by atoms with E-state index in [1.54, 1.807) is 22.7 Å². The number of nitrogens with zero attached hydrogens (tertiary/aromatic N) is 3. The topological polar surface area (TPSA) is 45.7 Å². The lowest BCUT2D eigenvalue weighted by atomic mass is 9.98. The molecule has 164 valence electrons. The third-order valence-electron chi connectivity index (χ3n) is 6.24. The molecule has 7 heteroatoms. The first-order valence-electron chi connectivity index (χ1n) is 11.2. The van der Waals surface area contributed by atoms with Crippen molar-refractivity contribution in [1.29, 1.82) is 0 Å². The van der Waals surface area contributed by atoms with Crippen LogP contribution in [0.3, 0.4) is 0 Å². The Morgan fingerprint density at radius 2 is 2.13 bits per heavy atom. The van der Waals surface area contributed by atoms with Gasteiger partial charge in [-0.25, -0.2) is 4.98 Å². The van der Waals surface area contributed by atoms with Crippen LogP contribution in [0.15, 0.2) is 41.8 Å². The van der Waals surface area contributed by atoms with Gasteiger partial charge in [-0.05, 0) is 49.3 Å². The van der Waals surface area contributed by atoms with E-state index in [1.807, 2.05) is 6.07 Å². The van der Waals surface area contributed by atoms with E-state index in [-0.39, 0.29) is 12.0 Å². The molecule has 4 heterocycles. The summed E-state index contributed by atoms with van der Waals surface area (Å²) in [5.41, 5.74) is 1.07. The Hall–Kier alpha value is -1.80. The Labute approximate surface area is 191 Å². The van der Waals surface area contributed by atoms with Gasteiger partial charge in [-0.15, -0.1) is 22.7 Å². The molecule has 3 aromatic rings. The van der Waals surface area contributed by atoms with Crippen molar-refractivity contribution >= 4 is 38.8 Å². The van der Waals surface area contributed by atoms with Gasteiger partial charge in [0.2, 0.25) is 5.91 Å². The maximum Gasteiger partial charge on any atom is 0.236 e. The van der Waals surface area contributed by atoms with Gasteiger partial charge in [-0.1, -0.05) is 18.2 Å². The summed E-state index contributed by atoms with van der Waals surface area (Å²) in [6.07, 6.45) is 4.63. The van der Waals surface area contributed by atoms with E-state index in [0.717, 1.165) is 64.0 Å². The first-order chi connectivity index (χ1) is 15.2. The Morgan fingerprint density at radius 1 is 1.19 bits per heavy atom. The first-order valence-corrected chi connectivity index (χ1v) is 12.9. The van der Waals surface area contributed by atoms with Crippen LogP contribution in [-0.2, 0) is 16.1 Å². The van der Waals surface area contributed by atoms with E-state index < -0.39 is 0 Å². The van der Waals surface area contributed by atoms with E-state index in [4.69, 9.17) is 9.72 Å². The average Bonchev–Trinajstić information content (AvgIpc) is 3.55. The van der Waals surface area contributed by atoms with Gasteiger partial charge in [0.15, 0.2) is 0 Å². The van der Waals surface area contributed by atoms with E-state index >= 15 is 0 Å². The Bertz CT molecular complexity index is 964. The molecule has 1 amide bonds. The van der Waals surface area contributed by atoms with Crippen molar-refractivity contribution in [3.05, 3.63) is 51.7 Å². The summed E-state index contributed by atoms with van der Waals surface area (Å²) >= 11 is 3.54. The summed E-state index contributed by atoms with van der Waals surface area (Å²) in [4.78, 5) is 23.8. The van der Waals surface area contributed by atoms with Gasteiger partial charge in [-0.3, -0.25) is 9.69 Å². The third kappa shape index (κ3) is 5.17. The lowest BCUT2D eigenvalue weighted by Crippen LogP contribution is -2.45. The highest BCUT2D eigenvalue weighted by atomic mass is 32.1. The summed E-state index contributed by atoms with van der Waals surface area (Å²) in [5, 5.41) is 3.28.